The van der Waals surface area contributed by atoms with Crippen LogP contribution in [0.1, 0.15) is 39.3 Å². The van der Waals surface area contributed by atoms with Gasteiger partial charge < -0.3 is 4.74 Å². The molecule has 0 aliphatic heterocycles. The fraction of sp³-hybridized carbons (Fsp3) is 0.471. The van der Waals surface area contributed by atoms with Crippen LogP contribution in [-0.2, 0) is 11.0 Å². The molecule has 24 heavy (non-hydrogen) atoms. The number of ether oxygens (including phenoxy) is 1. The van der Waals surface area contributed by atoms with Gasteiger partial charge in [-0.2, -0.15) is 0 Å². The van der Waals surface area contributed by atoms with Crippen LogP contribution < -0.4 is 4.74 Å². The second-order valence-corrected chi connectivity index (χ2v) is 8.89. The van der Waals surface area contributed by atoms with Crippen LogP contribution in [0, 0.1) is 11.6 Å². The molecule has 0 spiro atoms. The molecule has 0 aliphatic rings. The third-order valence-electron chi connectivity index (χ3n) is 3.91. The van der Waals surface area contributed by atoms with Crippen LogP contribution in [0.25, 0.3) is 10.8 Å². The standard InChI is InChI=1S/C17H22F2N2O2S/c1-10(21(5)24(22)17(2,3)4)12-9-20-16(23-6)14-11(12)7-8-13(18)15(14)19/h7-10H,1-6H3. The highest BCUT2D eigenvalue weighted by Crippen LogP contribution is 2.35. The van der Waals surface area contributed by atoms with Crippen molar-refractivity contribution in [3.63, 3.8) is 0 Å². The zero-order valence-corrected chi connectivity index (χ0v) is 15.5. The molecule has 0 aliphatic carbocycles. The predicted molar refractivity (Wildman–Crippen MR) is 92.3 cm³/mol. The molecule has 132 valence electrons. The van der Waals surface area contributed by atoms with E-state index in [9.17, 15) is 13.0 Å². The van der Waals surface area contributed by atoms with Crippen LogP contribution in [0.15, 0.2) is 18.3 Å². The number of hydrogen-bond donors (Lipinski definition) is 0. The molecule has 2 aromatic rings. The third kappa shape index (κ3) is 3.28. The lowest BCUT2D eigenvalue weighted by molar-refractivity contribution is 0.396. The third-order valence-corrected chi connectivity index (χ3v) is 5.80. The molecule has 0 saturated carbocycles. The van der Waals surface area contributed by atoms with Gasteiger partial charge in [0.25, 0.3) is 0 Å². The molecule has 1 aromatic carbocycles. The summed E-state index contributed by atoms with van der Waals surface area (Å²) in [7, 11) is 1.83. The van der Waals surface area contributed by atoms with Gasteiger partial charge in [0.05, 0.1) is 28.2 Å². The van der Waals surface area contributed by atoms with Crippen molar-refractivity contribution in [3.8, 4) is 5.88 Å². The largest absolute Gasteiger partial charge is 0.480 e. The van der Waals surface area contributed by atoms with E-state index in [0.717, 1.165) is 6.07 Å². The second-order valence-electron chi connectivity index (χ2n) is 6.59. The van der Waals surface area contributed by atoms with Gasteiger partial charge in [-0.3, -0.25) is 0 Å². The van der Waals surface area contributed by atoms with Gasteiger partial charge in [-0.15, -0.1) is 0 Å². The Morgan fingerprint density at radius 2 is 1.92 bits per heavy atom. The molecule has 1 heterocycles. The number of aromatic nitrogens is 1. The molecular weight excluding hydrogens is 334 g/mol. The SMILES string of the molecule is COc1ncc(C(C)N(C)S(=O)C(C)(C)C)c2ccc(F)c(F)c12. The average Bonchev–Trinajstić information content (AvgIpc) is 2.54. The maximum atomic E-state index is 14.3. The maximum absolute atomic E-state index is 14.3. The highest BCUT2D eigenvalue weighted by Gasteiger charge is 2.29. The van der Waals surface area contributed by atoms with E-state index < -0.39 is 27.4 Å². The number of benzene rings is 1. The first-order valence-corrected chi connectivity index (χ1v) is 8.65. The molecular formula is C17H22F2N2O2S. The van der Waals surface area contributed by atoms with E-state index in [1.54, 1.807) is 17.5 Å². The van der Waals surface area contributed by atoms with Crippen LogP contribution >= 0.6 is 0 Å². The normalized spacial score (nSPS) is 14.9. The highest BCUT2D eigenvalue weighted by atomic mass is 32.2. The van der Waals surface area contributed by atoms with Gasteiger partial charge in [0.1, 0.15) is 0 Å². The lowest BCUT2D eigenvalue weighted by Gasteiger charge is -2.31. The molecule has 0 radical (unpaired) electrons. The molecule has 1 aromatic heterocycles. The van der Waals surface area contributed by atoms with Crippen molar-refractivity contribution < 1.29 is 17.7 Å². The number of fused-ring (bicyclic) bond motifs is 1. The number of methoxy groups -OCH3 is 1. The summed E-state index contributed by atoms with van der Waals surface area (Å²) in [6, 6.07) is 2.27. The summed E-state index contributed by atoms with van der Waals surface area (Å²) in [5, 5.41) is 0.489. The lowest BCUT2D eigenvalue weighted by Crippen LogP contribution is -2.36. The maximum Gasteiger partial charge on any atom is 0.224 e. The first-order chi connectivity index (χ1) is 11.1. The summed E-state index contributed by atoms with van der Waals surface area (Å²) < 4.78 is 46.8. The highest BCUT2D eigenvalue weighted by molar-refractivity contribution is 7.84. The molecule has 2 atom stereocenters. The van der Waals surface area contributed by atoms with Crippen LogP contribution in [0.3, 0.4) is 0 Å². The molecule has 2 rings (SSSR count). The van der Waals surface area contributed by atoms with E-state index in [4.69, 9.17) is 4.74 Å². The molecule has 4 nitrogen and oxygen atoms in total. The average molecular weight is 356 g/mol. The van der Waals surface area contributed by atoms with E-state index in [0.29, 0.717) is 10.9 Å². The fourth-order valence-corrected chi connectivity index (χ4v) is 3.79. The zero-order chi connectivity index (χ0) is 18.2. The van der Waals surface area contributed by atoms with Crippen LogP contribution in [0.2, 0.25) is 0 Å². The second kappa shape index (κ2) is 6.72. The van der Waals surface area contributed by atoms with Crippen LogP contribution in [-0.4, -0.2) is 32.4 Å². The van der Waals surface area contributed by atoms with Gasteiger partial charge in [-0.25, -0.2) is 22.3 Å². The minimum absolute atomic E-state index is 0.00297. The van der Waals surface area contributed by atoms with E-state index in [1.807, 2.05) is 27.7 Å². The van der Waals surface area contributed by atoms with Crippen LogP contribution in [0.5, 0.6) is 5.88 Å². The number of halogens is 2. The van der Waals surface area contributed by atoms with Crippen molar-refractivity contribution in [3.05, 3.63) is 35.5 Å². The topological polar surface area (TPSA) is 42.4 Å². The lowest BCUT2D eigenvalue weighted by atomic mass is 10.0. The molecule has 2 unspecified atom stereocenters. The Balaban J connectivity index is 2.62. The number of nitrogens with zero attached hydrogens (tertiary/aromatic N) is 2. The van der Waals surface area contributed by atoms with Gasteiger partial charge in [-0.1, -0.05) is 6.07 Å². The van der Waals surface area contributed by atoms with Gasteiger partial charge in [0.15, 0.2) is 11.6 Å². The molecule has 0 fully saturated rings. The predicted octanol–water partition coefficient (Wildman–Crippen LogP) is 3.98. The van der Waals surface area contributed by atoms with Crippen molar-refractivity contribution in [1.29, 1.82) is 0 Å². The summed E-state index contributed by atoms with van der Waals surface area (Å²) in [4.78, 5) is 4.10. The number of hydrogen-bond acceptors (Lipinski definition) is 3. The van der Waals surface area contributed by atoms with Gasteiger partial charge >= 0.3 is 0 Å². The molecule has 0 bridgehead atoms. The van der Waals surface area contributed by atoms with E-state index in [2.05, 4.69) is 4.98 Å². The summed E-state index contributed by atoms with van der Waals surface area (Å²) in [6.07, 6.45) is 1.56. The molecule has 7 heteroatoms. The van der Waals surface area contributed by atoms with Crippen molar-refractivity contribution in [2.45, 2.75) is 38.5 Å². The summed E-state index contributed by atoms with van der Waals surface area (Å²) in [6.45, 7) is 7.50. The Hall–Kier alpha value is -1.60. The van der Waals surface area contributed by atoms with Gasteiger partial charge in [0.2, 0.25) is 5.88 Å². The Morgan fingerprint density at radius 3 is 2.46 bits per heavy atom. The Labute approximate surface area is 143 Å². The van der Waals surface area contributed by atoms with Crippen molar-refractivity contribution >= 4 is 21.8 Å². The van der Waals surface area contributed by atoms with E-state index >= 15 is 0 Å². The molecule has 0 saturated heterocycles. The Morgan fingerprint density at radius 1 is 1.29 bits per heavy atom. The Kier molecular flexibility index (Phi) is 5.25. The summed E-state index contributed by atoms with van der Waals surface area (Å²) in [5.41, 5.74) is 0.657. The number of rotatable bonds is 4. The first kappa shape index (κ1) is 18.7. The van der Waals surface area contributed by atoms with Gasteiger partial charge in [0, 0.05) is 19.3 Å². The Bertz CT molecular complexity index is 790. The molecule has 0 amide bonds. The smallest absolute Gasteiger partial charge is 0.224 e. The van der Waals surface area contributed by atoms with E-state index in [1.165, 1.54) is 13.2 Å². The first-order valence-electron chi connectivity index (χ1n) is 7.55. The minimum Gasteiger partial charge on any atom is -0.480 e. The number of pyridine rings is 1. The zero-order valence-electron chi connectivity index (χ0n) is 14.7. The summed E-state index contributed by atoms with van der Waals surface area (Å²) >= 11 is 0. The van der Waals surface area contributed by atoms with Crippen molar-refractivity contribution in [1.82, 2.24) is 9.29 Å². The molecule has 0 N–H and O–H groups in total. The fourth-order valence-electron chi connectivity index (χ4n) is 2.52. The van der Waals surface area contributed by atoms with Crippen molar-refractivity contribution in [2.75, 3.05) is 14.2 Å². The quantitative estimate of drug-likeness (QED) is 0.832. The van der Waals surface area contributed by atoms with Crippen molar-refractivity contribution in [2.24, 2.45) is 0 Å². The minimum atomic E-state index is -1.27. The monoisotopic (exact) mass is 356 g/mol. The van der Waals surface area contributed by atoms with Crippen LogP contribution in [0.4, 0.5) is 8.78 Å². The van der Waals surface area contributed by atoms with E-state index in [-0.39, 0.29) is 17.3 Å². The summed E-state index contributed by atoms with van der Waals surface area (Å²) in [5.74, 6) is -1.93. The van der Waals surface area contributed by atoms with Gasteiger partial charge in [-0.05, 0) is 44.7 Å².